The van der Waals surface area contributed by atoms with Crippen molar-refractivity contribution in [2.75, 3.05) is 13.7 Å². The van der Waals surface area contributed by atoms with Crippen molar-refractivity contribution in [2.45, 2.75) is 75.0 Å². The van der Waals surface area contributed by atoms with Gasteiger partial charge in [0.2, 0.25) is 18.1 Å². The van der Waals surface area contributed by atoms with Crippen LogP contribution in [0.3, 0.4) is 0 Å². The number of ether oxygens (including phenoxy) is 1. The molecule has 2 amide bonds. The minimum absolute atomic E-state index is 0.0309. The number of carbonyl (C=O) groups is 2. The number of methoxy groups -OCH3 is 1. The molecule has 3 aromatic rings. The number of aromatic nitrogens is 4. The summed E-state index contributed by atoms with van der Waals surface area (Å²) in [4.78, 5) is 33.0. The zero-order chi connectivity index (χ0) is 30.2. The van der Waals surface area contributed by atoms with Crippen LogP contribution in [0.15, 0.2) is 16.8 Å². The normalized spacial score (nSPS) is 19.5. The van der Waals surface area contributed by atoms with Gasteiger partial charge in [-0.05, 0) is 42.8 Å². The summed E-state index contributed by atoms with van der Waals surface area (Å²) in [6, 6.07) is 1.63. The molecule has 0 saturated heterocycles. The predicted molar refractivity (Wildman–Crippen MR) is 133 cm³/mol. The number of hydrogen-bond acceptors (Lipinski definition) is 7. The van der Waals surface area contributed by atoms with E-state index in [0.717, 1.165) is 12.8 Å². The van der Waals surface area contributed by atoms with E-state index in [-0.39, 0.29) is 46.9 Å². The maximum Gasteiger partial charge on any atom is 0.287 e. The van der Waals surface area contributed by atoms with Gasteiger partial charge in [-0.15, -0.1) is 0 Å². The number of carbonyl (C=O) groups excluding carboxylic acids is 2. The van der Waals surface area contributed by atoms with Gasteiger partial charge < -0.3 is 20.4 Å². The summed E-state index contributed by atoms with van der Waals surface area (Å²) in [5, 5.41) is 11.8. The quantitative estimate of drug-likeness (QED) is 0.215. The third-order valence-corrected chi connectivity index (χ3v) is 7.68. The number of nitrogens with one attached hydrogen (secondary N) is 3. The fourth-order valence-electron chi connectivity index (χ4n) is 5.26. The molecule has 0 bridgehead atoms. The maximum atomic E-state index is 15.8. The Labute approximate surface area is 234 Å². The van der Waals surface area contributed by atoms with Crippen molar-refractivity contribution in [2.24, 2.45) is 5.92 Å². The second-order valence-electron chi connectivity index (χ2n) is 10.7. The molecule has 2 aliphatic carbocycles. The van der Waals surface area contributed by atoms with Crippen molar-refractivity contribution >= 4 is 22.8 Å². The maximum absolute atomic E-state index is 15.8. The van der Waals surface area contributed by atoms with E-state index in [1.54, 1.807) is 0 Å². The summed E-state index contributed by atoms with van der Waals surface area (Å²) in [6.45, 7) is -0.453. The molecule has 16 heteroatoms. The van der Waals surface area contributed by atoms with Gasteiger partial charge in [0.05, 0.1) is 24.1 Å². The summed E-state index contributed by atoms with van der Waals surface area (Å²) in [5.74, 6) is -7.61. The van der Waals surface area contributed by atoms with Crippen molar-refractivity contribution in [3.63, 3.8) is 0 Å². The minimum Gasteiger partial charge on any atom is -0.384 e. The standard InChI is InChI=1S/C26H28F6N6O4/c1-41-10-14(24(39)36-22(30)21(28)29)13-4-5-15-19(16(13)27)34-23(33-15)18(12-6-8-26(31,32)9-7-12)35-25(40)20-17(11-2-3-11)37-42-38-20/h4-5,11-12,14,18,21-22H,2-3,6-10H2,1H3,(H,33,34)(H,35,40)(H,36,39)/t14-,18+,22?/m1/s1. The Balaban J connectivity index is 1.47. The number of imidazole rings is 1. The second kappa shape index (κ2) is 11.9. The van der Waals surface area contributed by atoms with E-state index in [0.29, 0.717) is 5.69 Å². The van der Waals surface area contributed by atoms with E-state index >= 15 is 4.39 Å². The van der Waals surface area contributed by atoms with Crippen LogP contribution >= 0.6 is 0 Å². The first kappa shape index (κ1) is 29.8. The number of amides is 2. The summed E-state index contributed by atoms with van der Waals surface area (Å²) < 4.78 is 92.2. The molecule has 0 radical (unpaired) electrons. The van der Waals surface area contributed by atoms with Gasteiger partial charge in [-0.1, -0.05) is 11.2 Å². The first-order chi connectivity index (χ1) is 20.0. The molecule has 10 nitrogen and oxygen atoms in total. The van der Waals surface area contributed by atoms with Gasteiger partial charge in [0.15, 0.2) is 11.5 Å². The molecule has 2 saturated carbocycles. The Morgan fingerprint density at radius 3 is 2.48 bits per heavy atom. The number of fused-ring (bicyclic) bond motifs is 1. The van der Waals surface area contributed by atoms with Crippen LogP contribution in [-0.2, 0) is 9.53 Å². The van der Waals surface area contributed by atoms with Crippen molar-refractivity contribution in [3.8, 4) is 0 Å². The third-order valence-electron chi connectivity index (χ3n) is 7.68. The van der Waals surface area contributed by atoms with Crippen LogP contribution in [0.4, 0.5) is 26.3 Å². The van der Waals surface area contributed by atoms with Crippen LogP contribution in [0, 0.1) is 11.7 Å². The highest BCUT2D eigenvalue weighted by Crippen LogP contribution is 2.43. The molecule has 0 spiro atoms. The van der Waals surface area contributed by atoms with Crippen LogP contribution < -0.4 is 10.6 Å². The van der Waals surface area contributed by atoms with Crippen molar-refractivity contribution < 1.29 is 45.3 Å². The SMILES string of the molecule is COC[C@@H](C(=O)NC(F)C(F)F)c1ccc2[nH]c([C@@H](NC(=O)c3nonc3C3CC3)C3CCC(F)(F)CC3)nc2c1F. The molecule has 2 aliphatic rings. The highest BCUT2D eigenvalue weighted by Gasteiger charge is 2.41. The Morgan fingerprint density at radius 1 is 1.12 bits per heavy atom. The summed E-state index contributed by atoms with van der Waals surface area (Å²) >= 11 is 0. The monoisotopic (exact) mass is 602 g/mol. The van der Waals surface area contributed by atoms with Crippen LogP contribution in [0.25, 0.3) is 11.0 Å². The Kier molecular flexibility index (Phi) is 8.44. The molecule has 3 N–H and O–H groups in total. The largest absolute Gasteiger partial charge is 0.384 e. The molecule has 2 heterocycles. The average Bonchev–Trinajstić information content (AvgIpc) is 3.49. The van der Waals surface area contributed by atoms with Gasteiger partial charge in [0, 0.05) is 31.4 Å². The van der Waals surface area contributed by atoms with E-state index in [9.17, 15) is 31.5 Å². The van der Waals surface area contributed by atoms with E-state index in [1.807, 2.05) is 0 Å². The molecular weight excluding hydrogens is 574 g/mol. The number of halogens is 6. The van der Waals surface area contributed by atoms with Crippen LogP contribution in [0.1, 0.15) is 84.0 Å². The fraction of sp³-hybridized carbons (Fsp3) is 0.577. The third kappa shape index (κ3) is 6.22. The van der Waals surface area contributed by atoms with Crippen molar-refractivity contribution in [1.82, 2.24) is 30.9 Å². The summed E-state index contributed by atoms with van der Waals surface area (Å²) in [6.07, 6.45) is -5.56. The van der Waals surface area contributed by atoms with Gasteiger partial charge in [-0.25, -0.2) is 36.0 Å². The van der Waals surface area contributed by atoms with E-state index in [2.05, 4.69) is 25.6 Å². The Hall–Kier alpha value is -3.69. The lowest BCUT2D eigenvalue weighted by atomic mass is 9.81. The lowest BCUT2D eigenvalue weighted by Crippen LogP contribution is -2.40. The molecule has 3 atom stereocenters. The molecule has 42 heavy (non-hydrogen) atoms. The number of H-pyrrole nitrogens is 1. The molecule has 1 aromatic carbocycles. The summed E-state index contributed by atoms with van der Waals surface area (Å²) in [5.41, 5.74) is -0.0321. The zero-order valence-corrected chi connectivity index (χ0v) is 22.3. The van der Waals surface area contributed by atoms with Crippen molar-refractivity contribution in [1.29, 1.82) is 0 Å². The van der Waals surface area contributed by atoms with Crippen molar-refractivity contribution in [3.05, 3.63) is 40.7 Å². The number of hydrogen-bond donors (Lipinski definition) is 3. The first-order valence-electron chi connectivity index (χ1n) is 13.4. The number of aromatic amines is 1. The minimum atomic E-state index is -3.49. The number of benzene rings is 1. The highest BCUT2D eigenvalue weighted by molar-refractivity contribution is 5.93. The van der Waals surface area contributed by atoms with Crippen LogP contribution in [-0.4, -0.2) is 64.5 Å². The van der Waals surface area contributed by atoms with Gasteiger partial charge in [0.1, 0.15) is 17.0 Å². The fourth-order valence-corrected chi connectivity index (χ4v) is 5.26. The Morgan fingerprint density at radius 2 is 1.83 bits per heavy atom. The lowest BCUT2D eigenvalue weighted by Gasteiger charge is -2.33. The summed E-state index contributed by atoms with van der Waals surface area (Å²) in [7, 11) is 1.20. The van der Waals surface area contributed by atoms with Gasteiger partial charge in [-0.2, -0.15) is 0 Å². The predicted octanol–water partition coefficient (Wildman–Crippen LogP) is 4.67. The van der Waals surface area contributed by atoms with E-state index in [1.165, 1.54) is 24.6 Å². The van der Waals surface area contributed by atoms with Gasteiger partial charge in [0.25, 0.3) is 12.3 Å². The van der Waals surface area contributed by atoms with Gasteiger partial charge >= 0.3 is 0 Å². The zero-order valence-electron chi connectivity index (χ0n) is 22.3. The molecule has 1 unspecified atom stereocenters. The molecule has 2 fully saturated rings. The first-order valence-corrected chi connectivity index (χ1v) is 13.4. The van der Waals surface area contributed by atoms with Crippen LogP contribution in [0.5, 0.6) is 0 Å². The molecular formula is C26H28F6N6O4. The topological polar surface area (TPSA) is 135 Å². The average molecular weight is 603 g/mol. The van der Waals surface area contributed by atoms with E-state index in [4.69, 9.17) is 9.37 Å². The Bertz CT molecular complexity index is 1430. The number of alkyl halides is 5. The van der Waals surface area contributed by atoms with E-state index < -0.39 is 73.6 Å². The number of nitrogens with zero attached hydrogens (tertiary/aromatic N) is 3. The molecule has 0 aliphatic heterocycles. The van der Waals surface area contributed by atoms with Crippen LogP contribution in [0.2, 0.25) is 0 Å². The highest BCUT2D eigenvalue weighted by atomic mass is 19.3. The molecule has 5 rings (SSSR count). The molecule has 2 aromatic heterocycles. The smallest absolute Gasteiger partial charge is 0.287 e. The van der Waals surface area contributed by atoms with Gasteiger partial charge in [-0.3, -0.25) is 9.59 Å². The second-order valence-corrected chi connectivity index (χ2v) is 10.7. The molecule has 228 valence electrons. The lowest BCUT2D eigenvalue weighted by molar-refractivity contribution is -0.127. The number of rotatable bonds is 11.